The number of aryl methyl sites for hydroxylation is 2. The Hall–Kier alpha value is -5.25. The largest absolute Gasteiger partial charge is 0.368 e. The molecule has 14 nitrogen and oxygen atoms in total. The summed E-state index contributed by atoms with van der Waals surface area (Å²) in [6, 6.07) is 21.5. The molecule has 45 heavy (non-hydrogen) atoms. The first-order valence-electron chi connectivity index (χ1n) is 14.0. The summed E-state index contributed by atoms with van der Waals surface area (Å²) >= 11 is 0. The standard InChI is InChI=1S/C30H34N12O2S/c1-18-8-4-6-10-23(18)34-29-38-25(36-27(31)40-29)16-42(20(3)21-12-14-22(15-13-21)45(33,43)44)17-26-37-28(32)41-30(39-26)35-24-11-7-5-9-19(24)2/h4-15,20H,16-17H2,1-3H3,(H2,33,43,44)(H3,31,34,36,38,40)(H3,32,35,37,39,41). The Labute approximate surface area is 261 Å². The van der Waals surface area contributed by atoms with E-state index in [1.807, 2.05) is 74.2 Å². The maximum Gasteiger partial charge on any atom is 0.238 e. The highest BCUT2D eigenvalue weighted by atomic mass is 32.2. The SMILES string of the molecule is Cc1ccccc1Nc1nc(N)nc(CN(Cc2nc(N)nc(Nc3ccccc3C)n2)C(C)c2ccc(S(N)(=O)=O)cc2)n1. The first kappa shape index (κ1) is 31.2. The Morgan fingerprint density at radius 1 is 0.689 bits per heavy atom. The van der Waals surface area contributed by atoms with Gasteiger partial charge < -0.3 is 22.1 Å². The highest BCUT2D eigenvalue weighted by Gasteiger charge is 2.22. The third-order valence-electron chi connectivity index (χ3n) is 7.11. The lowest BCUT2D eigenvalue weighted by Gasteiger charge is -2.28. The molecule has 232 valence electrons. The zero-order valence-electron chi connectivity index (χ0n) is 25.0. The minimum Gasteiger partial charge on any atom is -0.368 e. The Bertz CT molecular complexity index is 1820. The Morgan fingerprint density at radius 2 is 1.13 bits per heavy atom. The van der Waals surface area contributed by atoms with Crippen molar-refractivity contribution in [2.24, 2.45) is 5.14 Å². The predicted octanol–water partition coefficient (Wildman–Crippen LogP) is 3.74. The quantitative estimate of drug-likeness (QED) is 0.141. The Balaban J connectivity index is 1.47. The van der Waals surface area contributed by atoms with Crippen LogP contribution in [-0.4, -0.2) is 43.2 Å². The van der Waals surface area contributed by atoms with E-state index in [0.717, 1.165) is 28.1 Å². The van der Waals surface area contributed by atoms with Crippen LogP contribution < -0.4 is 27.2 Å². The van der Waals surface area contributed by atoms with Crippen LogP contribution in [0.15, 0.2) is 77.7 Å². The number of primary sulfonamides is 1. The van der Waals surface area contributed by atoms with Crippen LogP contribution >= 0.6 is 0 Å². The number of nitrogen functional groups attached to an aromatic ring is 2. The van der Waals surface area contributed by atoms with Crippen molar-refractivity contribution in [3.05, 3.63) is 101 Å². The van der Waals surface area contributed by atoms with Gasteiger partial charge in [-0.3, -0.25) is 4.90 Å². The number of nitrogens with two attached hydrogens (primary N) is 3. The van der Waals surface area contributed by atoms with Gasteiger partial charge in [0.2, 0.25) is 33.8 Å². The zero-order valence-corrected chi connectivity index (χ0v) is 25.8. The number of anilines is 6. The maximum atomic E-state index is 11.8. The molecule has 0 aliphatic heterocycles. The second-order valence-corrected chi connectivity index (χ2v) is 12.0. The van der Waals surface area contributed by atoms with Gasteiger partial charge in [-0.15, -0.1) is 0 Å². The van der Waals surface area contributed by atoms with Gasteiger partial charge in [-0.2, -0.15) is 29.9 Å². The third-order valence-corrected chi connectivity index (χ3v) is 8.04. The van der Waals surface area contributed by atoms with Gasteiger partial charge in [0, 0.05) is 17.4 Å². The van der Waals surface area contributed by atoms with E-state index >= 15 is 0 Å². The fourth-order valence-corrected chi connectivity index (χ4v) is 5.15. The van der Waals surface area contributed by atoms with E-state index in [0.29, 0.717) is 23.5 Å². The zero-order chi connectivity index (χ0) is 32.1. The second-order valence-electron chi connectivity index (χ2n) is 10.4. The minimum absolute atomic E-state index is 0.0133. The molecule has 1 atom stereocenters. The van der Waals surface area contributed by atoms with Crippen LogP contribution in [0.1, 0.15) is 41.3 Å². The molecule has 5 rings (SSSR count). The van der Waals surface area contributed by atoms with Crippen molar-refractivity contribution >= 4 is 45.2 Å². The lowest BCUT2D eigenvalue weighted by atomic mass is 10.1. The number of para-hydroxylation sites is 2. The molecular formula is C30H34N12O2S. The fourth-order valence-electron chi connectivity index (χ4n) is 4.64. The summed E-state index contributed by atoms with van der Waals surface area (Å²) in [5, 5.41) is 11.7. The molecule has 1 unspecified atom stereocenters. The van der Waals surface area contributed by atoms with Crippen molar-refractivity contribution in [1.29, 1.82) is 0 Å². The number of benzene rings is 3. The minimum atomic E-state index is -3.85. The lowest BCUT2D eigenvalue weighted by Crippen LogP contribution is -2.29. The van der Waals surface area contributed by atoms with Gasteiger partial charge in [0.15, 0.2) is 0 Å². The van der Waals surface area contributed by atoms with Gasteiger partial charge in [-0.25, -0.2) is 13.6 Å². The van der Waals surface area contributed by atoms with Crippen LogP contribution in [0.3, 0.4) is 0 Å². The molecule has 3 aromatic carbocycles. The van der Waals surface area contributed by atoms with Crippen molar-refractivity contribution in [2.45, 2.75) is 44.8 Å². The highest BCUT2D eigenvalue weighted by Crippen LogP contribution is 2.26. The van der Waals surface area contributed by atoms with Crippen molar-refractivity contribution in [3.63, 3.8) is 0 Å². The van der Waals surface area contributed by atoms with E-state index in [1.54, 1.807) is 12.1 Å². The highest BCUT2D eigenvalue weighted by molar-refractivity contribution is 7.89. The average Bonchev–Trinajstić information content (AvgIpc) is 2.98. The molecule has 15 heteroatoms. The summed E-state index contributed by atoms with van der Waals surface area (Å²) in [5.41, 5.74) is 16.7. The Kier molecular flexibility index (Phi) is 9.13. The van der Waals surface area contributed by atoms with Crippen molar-refractivity contribution in [2.75, 3.05) is 22.1 Å². The Morgan fingerprint density at radius 3 is 1.56 bits per heavy atom. The maximum absolute atomic E-state index is 11.8. The van der Waals surface area contributed by atoms with E-state index in [1.165, 1.54) is 12.1 Å². The molecule has 8 N–H and O–H groups in total. The van der Waals surface area contributed by atoms with Gasteiger partial charge in [-0.1, -0.05) is 48.5 Å². The van der Waals surface area contributed by atoms with Crippen LogP contribution in [0.4, 0.5) is 35.2 Å². The van der Waals surface area contributed by atoms with E-state index in [9.17, 15) is 8.42 Å². The number of aromatic nitrogens is 6. The molecule has 2 aromatic heterocycles. The molecule has 0 aliphatic rings. The van der Waals surface area contributed by atoms with Gasteiger partial charge in [0.25, 0.3) is 0 Å². The number of hydrogen-bond acceptors (Lipinski definition) is 13. The number of sulfonamides is 1. The molecule has 0 radical (unpaired) electrons. The first-order valence-corrected chi connectivity index (χ1v) is 15.5. The molecular weight excluding hydrogens is 592 g/mol. The van der Waals surface area contributed by atoms with Crippen LogP contribution in [-0.2, 0) is 23.1 Å². The molecule has 0 amide bonds. The molecule has 0 aliphatic carbocycles. The summed E-state index contributed by atoms with van der Waals surface area (Å²) < 4.78 is 23.7. The summed E-state index contributed by atoms with van der Waals surface area (Å²) in [5.74, 6) is 1.49. The first-order chi connectivity index (χ1) is 21.4. The van der Waals surface area contributed by atoms with E-state index < -0.39 is 10.0 Å². The second kappa shape index (κ2) is 13.2. The number of rotatable bonds is 11. The van der Waals surface area contributed by atoms with Crippen molar-refractivity contribution in [1.82, 2.24) is 34.8 Å². The van der Waals surface area contributed by atoms with Gasteiger partial charge in [0.05, 0.1) is 18.0 Å². The van der Waals surface area contributed by atoms with Crippen molar-refractivity contribution < 1.29 is 8.42 Å². The van der Waals surface area contributed by atoms with Crippen LogP contribution in [0.5, 0.6) is 0 Å². The van der Waals surface area contributed by atoms with E-state index in [-0.39, 0.29) is 35.9 Å². The summed E-state index contributed by atoms with van der Waals surface area (Å²) in [7, 11) is -3.85. The topological polar surface area (TPSA) is 217 Å². The monoisotopic (exact) mass is 626 g/mol. The van der Waals surface area contributed by atoms with Crippen molar-refractivity contribution in [3.8, 4) is 0 Å². The van der Waals surface area contributed by atoms with Crippen LogP contribution in [0.25, 0.3) is 0 Å². The molecule has 0 spiro atoms. The summed E-state index contributed by atoms with van der Waals surface area (Å²) in [6.45, 7) is 6.32. The molecule has 0 saturated carbocycles. The molecule has 5 aromatic rings. The normalized spacial score (nSPS) is 12.2. The average molecular weight is 627 g/mol. The molecule has 0 fully saturated rings. The van der Waals surface area contributed by atoms with Crippen LogP contribution in [0, 0.1) is 13.8 Å². The molecule has 0 bridgehead atoms. The third kappa shape index (κ3) is 8.03. The van der Waals surface area contributed by atoms with E-state index in [2.05, 4.69) is 40.5 Å². The molecule has 0 saturated heterocycles. The summed E-state index contributed by atoms with van der Waals surface area (Å²) in [6.07, 6.45) is 0. The smallest absolute Gasteiger partial charge is 0.238 e. The lowest BCUT2D eigenvalue weighted by molar-refractivity contribution is 0.182. The predicted molar refractivity (Wildman–Crippen MR) is 173 cm³/mol. The fraction of sp³-hybridized carbons (Fsp3) is 0.200. The molecule has 2 heterocycles. The van der Waals surface area contributed by atoms with E-state index in [4.69, 9.17) is 16.6 Å². The van der Waals surface area contributed by atoms with Gasteiger partial charge in [0.1, 0.15) is 11.6 Å². The number of hydrogen-bond donors (Lipinski definition) is 5. The van der Waals surface area contributed by atoms with Gasteiger partial charge in [-0.05, 0) is 61.7 Å². The summed E-state index contributed by atoms with van der Waals surface area (Å²) in [4.78, 5) is 28.6. The number of nitrogens with one attached hydrogen (secondary N) is 2. The number of nitrogens with zero attached hydrogens (tertiary/aromatic N) is 7. The van der Waals surface area contributed by atoms with Gasteiger partial charge >= 0.3 is 0 Å². The van der Waals surface area contributed by atoms with Crippen LogP contribution in [0.2, 0.25) is 0 Å².